The molecule has 0 aromatic rings. The maximum absolute atomic E-state index is 12.4. The third kappa shape index (κ3) is 3.62. The average Bonchev–Trinajstić information content (AvgIpc) is 2.39. The van der Waals surface area contributed by atoms with Crippen molar-refractivity contribution < 1.29 is 8.78 Å². The van der Waals surface area contributed by atoms with Crippen LogP contribution in [-0.2, 0) is 0 Å². The molecule has 0 aromatic heterocycles. The third-order valence-corrected chi connectivity index (χ3v) is 3.72. The molecule has 102 valence electrons. The Morgan fingerprint density at radius 3 is 2.24 bits per heavy atom. The van der Waals surface area contributed by atoms with Crippen molar-refractivity contribution in [2.24, 2.45) is 0 Å². The van der Waals surface area contributed by atoms with Crippen molar-refractivity contribution in [1.82, 2.24) is 9.80 Å². The van der Waals surface area contributed by atoms with E-state index in [-0.39, 0.29) is 23.7 Å². The summed E-state index contributed by atoms with van der Waals surface area (Å²) >= 11 is 0. The first kappa shape index (κ1) is 14.8. The van der Waals surface area contributed by atoms with E-state index < -0.39 is 6.43 Å². The highest BCUT2D eigenvalue weighted by molar-refractivity contribution is 5.01. The number of halogens is 2. The van der Waals surface area contributed by atoms with E-state index in [4.69, 9.17) is 0 Å². The lowest BCUT2D eigenvalue weighted by molar-refractivity contribution is 0.0609. The van der Waals surface area contributed by atoms with Crippen LogP contribution in [0.3, 0.4) is 0 Å². The molecule has 2 nitrogen and oxygen atoms in total. The molecule has 0 bridgehead atoms. The summed E-state index contributed by atoms with van der Waals surface area (Å²) < 4.78 is 24.8. The van der Waals surface area contributed by atoms with Gasteiger partial charge in [-0.25, -0.2) is 8.78 Å². The normalized spacial score (nSPS) is 26.1. The molecule has 0 spiro atoms. The van der Waals surface area contributed by atoms with Crippen molar-refractivity contribution in [2.45, 2.75) is 64.6 Å². The summed E-state index contributed by atoms with van der Waals surface area (Å²) in [5.41, 5.74) is 0.170. The highest BCUT2D eigenvalue weighted by atomic mass is 19.3. The Hall–Kier alpha value is -0.220. The molecule has 1 heterocycles. The maximum Gasteiger partial charge on any atom is 0.251 e. The van der Waals surface area contributed by atoms with E-state index in [1.54, 1.807) is 11.9 Å². The molecule has 0 radical (unpaired) electrons. The fourth-order valence-electron chi connectivity index (χ4n) is 3.05. The van der Waals surface area contributed by atoms with Crippen molar-refractivity contribution >= 4 is 0 Å². The van der Waals surface area contributed by atoms with Gasteiger partial charge in [0.2, 0.25) is 0 Å². The number of alkyl halides is 2. The summed E-state index contributed by atoms with van der Waals surface area (Å²) in [5, 5.41) is 0. The minimum absolute atomic E-state index is 0.0826. The van der Waals surface area contributed by atoms with E-state index >= 15 is 0 Å². The number of likely N-dealkylation sites (N-methyl/N-ethyl adjacent to an activating group) is 1. The van der Waals surface area contributed by atoms with Gasteiger partial charge in [0.1, 0.15) is 0 Å². The lowest BCUT2D eigenvalue weighted by atomic mass is 9.95. The quantitative estimate of drug-likeness (QED) is 0.758. The first-order valence-electron chi connectivity index (χ1n) is 6.30. The van der Waals surface area contributed by atoms with Crippen LogP contribution >= 0.6 is 0 Å². The molecule has 1 atom stereocenters. The number of rotatable bonds is 3. The van der Waals surface area contributed by atoms with Crippen LogP contribution in [0.2, 0.25) is 0 Å². The lowest BCUT2D eigenvalue weighted by Crippen LogP contribution is -2.50. The van der Waals surface area contributed by atoms with E-state index in [0.29, 0.717) is 0 Å². The standard InChI is InChI=1S/C13H26F2N2/c1-12(2,3)17-8-10(7-13(17,4)5)16(6)9-11(14)15/h10-11H,7-9H2,1-6H3/t10-/m0/s1. The van der Waals surface area contributed by atoms with E-state index in [1.165, 1.54) is 0 Å². The topological polar surface area (TPSA) is 6.48 Å². The van der Waals surface area contributed by atoms with Gasteiger partial charge in [0.05, 0.1) is 6.54 Å². The van der Waals surface area contributed by atoms with Gasteiger partial charge in [-0.15, -0.1) is 0 Å². The van der Waals surface area contributed by atoms with Crippen molar-refractivity contribution in [3.05, 3.63) is 0 Å². The largest absolute Gasteiger partial charge is 0.296 e. The van der Waals surface area contributed by atoms with Crippen molar-refractivity contribution in [2.75, 3.05) is 20.1 Å². The molecule has 0 N–H and O–H groups in total. The molecule has 1 saturated heterocycles. The fourth-order valence-corrected chi connectivity index (χ4v) is 3.05. The smallest absolute Gasteiger partial charge is 0.251 e. The molecule has 1 fully saturated rings. The van der Waals surface area contributed by atoms with Crippen LogP contribution in [0.15, 0.2) is 0 Å². The molecule has 1 rings (SSSR count). The van der Waals surface area contributed by atoms with Crippen LogP contribution in [-0.4, -0.2) is 53.5 Å². The first-order valence-corrected chi connectivity index (χ1v) is 6.30. The van der Waals surface area contributed by atoms with Crippen molar-refractivity contribution in [3.63, 3.8) is 0 Å². The Labute approximate surface area is 104 Å². The zero-order valence-corrected chi connectivity index (χ0v) is 11.9. The van der Waals surface area contributed by atoms with Gasteiger partial charge < -0.3 is 0 Å². The Morgan fingerprint density at radius 1 is 1.35 bits per heavy atom. The molecular weight excluding hydrogens is 222 g/mol. The minimum Gasteiger partial charge on any atom is -0.296 e. The summed E-state index contributed by atoms with van der Waals surface area (Å²) in [6.07, 6.45) is -1.29. The van der Waals surface area contributed by atoms with E-state index in [9.17, 15) is 8.78 Å². The van der Waals surface area contributed by atoms with Crippen LogP contribution < -0.4 is 0 Å². The monoisotopic (exact) mass is 248 g/mol. The highest BCUT2D eigenvalue weighted by Crippen LogP contribution is 2.36. The number of hydrogen-bond donors (Lipinski definition) is 0. The van der Waals surface area contributed by atoms with Crippen LogP contribution in [0, 0.1) is 0 Å². The molecule has 0 aromatic carbocycles. The van der Waals surface area contributed by atoms with E-state index in [1.807, 2.05) is 0 Å². The summed E-state index contributed by atoms with van der Waals surface area (Å²) in [7, 11) is 1.80. The van der Waals surface area contributed by atoms with Gasteiger partial charge in [-0.1, -0.05) is 0 Å². The van der Waals surface area contributed by atoms with Crippen LogP contribution in [0.1, 0.15) is 41.0 Å². The lowest BCUT2D eigenvalue weighted by Gasteiger charge is -2.42. The predicted octanol–water partition coefficient (Wildman–Crippen LogP) is 2.83. The van der Waals surface area contributed by atoms with Gasteiger partial charge in [0, 0.05) is 23.7 Å². The van der Waals surface area contributed by atoms with Crippen molar-refractivity contribution in [3.8, 4) is 0 Å². The molecule has 0 amide bonds. The van der Waals surface area contributed by atoms with Crippen molar-refractivity contribution in [1.29, 1.82) is 0 Å². The molecule has 1 aliphatic rings. The van der Waals surface area contributed by atoms with E-state index in [2.05, 4.69) is 39.5 Å². The highest BCUT2D eigenvalue weighted by Gasteiger charge is 2.44. The summed E-state index contributed by atoms with van der Waals surface area (Å²) in [6.45, 7) is 11.7. The minimum atomic E-state index is -2.24. The molecule has 0 aliphatic carbocycles. The van der Waals surface area contributed by atoms with E-state index in [0.717, 1.165) is 13.0 Å². The average molecular weight is 248 g/mol. The first-order chi connectivity index (χ1) is 7.54. The zero-order chi connectivity index (χ0) is 13.4. The second-order valence-corrected chi connectivity index (χ2v) is 6.78. The Bertz CT molecular complexity index is 259. The molecule has 4 heteroatoms. The van der Waals surface area contributed by atoms with Gasteiger partial charge in [0.15, 0.2) is 0 Å². The Morgan fingerprint density at radius 2 is 1.88 bits per heavy atom. The van der Waals surface area contributed by atoms with Crippen LogP contribution in [0.5, 0.6) is 0 Å². The van der Waals surface area contributed by atoms with Gasteiger partial charge in [0.25, 0.3) is 6.43 Å². The van der Waals surface area contributed by atoms with Gasteiger partial charge in [-0.3, -0.25) is 9.80 Å². The fraction of sp³-hybridized carbons (Fsp3) is 1.00. The Kier molecular flexibility index (Phi) is 4.20. The summed E-state index contributed by atoms with van der Waals surface area (Å²) in [5.74, 6) is 0. The maximum atomic E-state index is 12.4. The number of likely N-dealkylation sites (tertiary alicyclic amines) is 1. The summed E-state index contributed by atoms with van der Waals surface area (Å²) in [6, 6.07) is 0.234. The molecule has 1 aliphatic heterocycles. The zero-order valence-electron chi connectivity index (χ0n) is 11.9. The molecular formula is C13H26F2N2. The summed E-state index contributed by atoms with van der Waals surface area (Å²) in [4.78, 5) is 4.23. The Balaban J connectivity index is 2.71. The van der Waals surface area contributed by atoms with Crippen LogP contribution in [0.4, 0.5) is 8.78 Å². The predicted molar refractivity (Wildman–Crippen MR) is 67.6 cm³/mol. The number of hydrogen-bond acceptors (Lipinski definition) is 2. The molecule has 17 heavy (non-hydrogen) atoms. The second kappa shape index (κ2) is 4.81. The van der Waals surface area contributed by atoms with Gasteiger partial charge in [-0.2, -0.15) is 0 Å². The molecule has 0 saturated carbocycles. The second-order valence-electron chi connectivity index (χ2n) is 6.78. The third-order valence-electron chi connectivity index (χ3n) is 3.72. The van der Waals surface area contributed by atoms with Crippen LogP contribution in [0.25, 0.3) is 0 Å². The van der Waals surface area contributed by atoms with Gasteiger partial charge in [-0.05, 0) is 48.1 Å². The number of nitrogens with zero attached hydrogens (tertiary/aromatic N) is 2. The molecule has 0 unspecified atom stereocenters. The van der Waals surface area contributed by atoms with Gasteiger partial charge >= 0.3 is 0 Å². The SMILES string of the molecule is CN(CC(F)F)[C@@H]1CN(C(C)(C)C)C(C)(C)C1.